The molecule has 1 aromatic rings. The average Bonchev–Trinajstić information content (AvgIpc) is 2.74. The van der Waals surface area contributed by atoms with E-state index < -0.39 is 5.97 Å². The summed E-state index contributed by atoms with van der Waals surface area (Å²) in [5.74, 6) is 2.09. The molecular weight excluding hydrogens is 252 g/mol. The van der Waals surface area contributed by atoms with E-state index in [9.17, 15) is 4.79 Å². The summed E-state index contributed by atoms with van der Waals surface area (Å²) < 4.78 is 0. The molecule has 2 nitrogen and oxygen atoms in total. The predicted molar refractivity (Wildman–Crippen MR) is 76.6 cm³/mol. The van der Waals surface area contributed by atoms with Crippen LogP contribution in [0, 0.1) is 5.92 Å². The molecule has 1 rings (SSSR count). The quantitative estimate of drug-likeness (QED) is 0.757. The number of carboxylic acids is 1. The van der Waals surface area contributed by atoms with Crippen molar-refractivity contribution in [1.29, 1.82) is 0 Å². The lowest BCUT2D eigenvalue weighted by Gasteiger charge is -2.06. The first-order valence-electron chi connectivity index (χ1n) is 5.69. The number of thioether (sulfide) groups is 1. The first kappa shape index (κ1) is 14.3. The van der Waals surface area contributed by atoms with Gasteiger partial charge in [-0.3, -0.25) is 0 Å². The molecule has 0 spiro atoms. The van der Waals surface area contributed by atoms with Gasteiger partial charge in [-0.1, -0.05) is 20.3 Å². The van der Waals surface area contributed by atoms with Gasteiger partial charge in [0.25, 0.3) is 0 Å². The van der Waals surface area contributed by atoms with Crippen molar-refractivity contribution in [2.24, 2.45) is 5.92 Å². The molecule has 0 amide bonds. The summed E-state index contributed by atoms with van der Waals surface area (Å²) in [7, 11) is 0. The van der Waals surface area contributed by atoms with E-state index in [2.05, 4.69) is 19.9 Å². The third-order valence-electron chi connectivity index (χ3n) is 2.42. The first-order valence-corrected chi connectivity index (χ1v) is 7.66. The van der Waals surface area contributed by atoms with E-state index >= 15 is 0 Å². The van der Waals surface area contributed by atoms with E-state index in [0.29, 0.717) is 0 Å². The lowest BCUT2D eigenvalue weighted by molar-refractivity contribution is -0.131. The molecule has 1 unspecified atom stereocenters. The van der Waals surface area contributed by atoms with E-state index in [0.717, 1.165) is 16.5 Å². The Morgan fingerprint density at radius 3 is 3.00 bits per heavy atom. The van der Waals surface area contributed by atoms with Gasteiger partial charge in [0.1, 0.15) is 0 Å². The number of rotatable bonds is 7. The first-order chi connectivity index (χ1) is 8.11. The van der Waals surface area contributed by atoms with Crippen LogP contribution in [-0.4, -0.2) is 16.8 Å². The molecule has 1 N–H and O–H groups in total. The highest BCUT2D eigenvalue weighted by molar-refractivity contribution is 7.98. The minimum Gasteiger partial charge on any atom is -0.478 e. The Balaban J connectivity index is 2.38. The van der Waals surface area contributed by atoms with E-state index in [1.165, 1.54) is 23.1 Å². The molecule has 17 heavy (non-hydrogen) atoms. The van der Waals surface area contributed by atoms with Gasteiger partial charge in [-0.25, -0.2) is 4.79 Å². The molecule has 1 atom stereocenters. The van der Waals surface area contributed by atoms with Crippen molar-refractivity contribution in [2.45, 2.75) is 26.0 Å². The fourth-order valence-electron chi connectivity index (χ4n) is 1.19. The highest BCUT2D eigenvalue weighted by atomic mass is 32.2. The SMILES string of the molecule is CCC(C)CSCc1ccc(/C=C/C(=O)O)s1. The zero-order valence-corrected chi connectivity index (χ0v) is 11.8. The largest absolute Gasteiger partial charge is 0.478 e. The Hall–Kier alpha value is -0.740. The summed E-state index contributed by atoms with van der Waals surface area (Å²) in [6.45, 7) is 4.48. The second kappa shape index (κ2) is 7.56. The Labute approximate surface area is 111 Å². The molecule has 0 radical (unpaired) electrons. The molecule has 0 fully saturated rings. The molecular formula is C13H18O2S2. The monoisotopic (exact) mass is 270 g/mol. The summed E-state index contributed by atoms with van der Waals surface area (Å²) in [4.78, 5) is 12.7. The molecule has 4 heteroatoms. The Morgan fingerprint density at radius 1 is 1.59 bits per heavy atom. The van der Waals surface area contributed by atoms with Crippen molar-refractivity contribution in [3.8, 4) is 0 Å². The zero-order valence-electron chi connectivity index (χ0n) is 10.2. The third kappa shape index (κ3) is 5.94. The Kier molecular flexibility index (Phi) is 6.37. The van der Waals surface area contributed by atoms with E-state index in [1.54, 1.807) is 17.4 Å². The van der Waals surface area contributed by atoms with Crippen molar-refractivity contribution in [3.05, 3.63) is 28.0 Å². The van der Waals surface area contributed by atoms with Gasteiger partial charge < -0.3 is 5.11 Å². The van der Waals surface area contributed by atoms with Gasteiger partial charge in [0, 0.05) is 21.6 Å². The second-order valence-corrected chi connectivity index (χ2v) is 6.23. The summed E-state index contributed by atoms with van der Waals surface area (Å²) in [5.41, 5.74) is 0. The van der Waals surface area contributed by atoms with Gasteiger partial charge in [-0.05, 0) is 29.9 Å². The summed E-state index contributed by atoms with van der Waals surface area (Å²) in [6, 6.07) is 4.05. The average molecular weight is 270 g/mol. The number of thiophene rings is 1. The normalized spacial score (nSPS) is 13.1. The maximum atomic E-state index is 10.4. The number of hydrogen-bond donors (Lipinski definition) is 1. The Bertz CT molecular complexity index is 383. The number of hydrogen-bond acceptors (Lipinski definition) is 3. The lowest BCUT2D eigenvalue weighted by Crippen LogP contribution is -1.95. The summed E-state index contributed by atoms with van der Waals surface area (Å²) >= 11 is 3.61. The van der Waals surface area contributed by atoms with Gasteiger partial charge in [-0.15, -0.1) is 11.3 Å². The molecule has 0 aliphatic rings. The van der Waals surface area contributed by atoms with E-state index in [1.807, 2.05) is 17.8 Å². The van der Waals surface area contributed by atoms with Crippen LogP contribution >= 0.6 is 23.1 Å². The predicted octanol–water partition coefficient (Wildman–Crippen LogP) is 4.13. The second-order valence-electron chi connectivity index (χ2n) is 4.00. The molecule has 0 saturated carbocycles. The van der Waals surface area contributed by atoms with Gasteiger partial charge >= 0.3 is 5.97 Å². The van der Waals surface area contributed by atoms with Crippen LogP contribution in [0.4, 0.5) is 0 Å². The molecule has 94 valence electrons. The fraction of sp³-hybridized carbons (Fsp3) is 0.462. The van der Waals surface area contributed by atoms with Crippen molar-refractivity contribution >= 4 is 35.1 Å². The van der Waals surface area contributed by atoms with Crippen LogP contribution in [0.25, 0.3) is 6.08 Å². The number of carboxylic acid groups (broad SMARTS) is 1. The number of carbonyl (C=O) groups is 1. The molecule has 0 aromatic carbocycles. The smallest absolute Gasteiger partial charge is 0.328 e. The van der Waals surface area contributed by atoms with Crippen molar-refractivity contribution in [1.82, 2.24) is 0 Å². The topological polar surface area (TPSA) is 37.3 Å². The summed E-state index contributed by atoms with van der Waals surface area (Å²) in [6.07, 6.45) is 4.06. The minimum atomic E-state index is -0.897. The van der Waals surface area contributed by atoms with Crippen LogP contribution in [0.2, 0.25) is 0 Å². The van der Waals surface area contributed by atoms with Crippen LogP contribution < -0.4 is 0 Å². The maximum absolute atomic E-state index is 10.4. The van der Waals surface area contributed by atoms with Crippen LogP contribution in [0.5, 0.6) is 0 Å². The molecule has 0 bridgehead atoms. The molecule has 0 aliphatic carbocycles. The van der Waals surface area contributed by atoms with Gasteiger partial charge in [0.15, 0.2) is 0 Å². The lowest BCUT2D eigenvalue weighted by atomic mass is 10.2. The standard InChI is InChI=1S/C13H18O2S2/c1-3-10(2)8-16-9-12-5-4-11(17-12)6-7-13(14)15/h4-7,10H,3,8-9H2,1-2H3,(H,14,15)/b7-6+. The zero-order chi connectivity index (χ0) is 12.7. The van der Waals surface area contributed by atoms with Crippen LogP contribution in [0.15, 0.2) is 18.2 Å². The van der Waals surface area contributed by atoms with Gasteiger partial charge in [0.2, 0.25) is 0 Å². The minimum absolute atomic E-state index is 0.770. The highest BCUT2D eigenvalue weighted by Gasteiger charge is 2.02. The van der Waals surface area contributed by atoms with Gasteiger partial charge in [-0.2, -0.15) is 11.8 Å². The van der Waals surface area contributed by atoms with E-state index in [-0.39, 0.29) is 0 Å². The maximum Gasteiger partial charge on any atom is 0.328 e. The third-order valence-corrected chi connectivity index (χ3v) is 4.97. The van der Waals surface area contributed by atoms with Gasteiger partial charge in [0.05, 0.1) is 0 Å². The van der Waals surface area contributed by atoms with Crippen molar-refractivity contribution < 1.29 is 9.90 Å². The molecule has 1 heterocycles. The Morgan fingerprint density at radius 2 is 2.35 bits per heavy atom. The van der Waals surface area contributed by atoms with Crippen LogP contribution in [0.3, 0.4) is 0 Å². The molecule has 1 aromatic heterocycles. The number of aliphatic carboxylic acids is 1. The van der Waals surface area contributed by atoms with Crippen molar-refractivity contribution in [2.75, 3.05) is 5.75 Å². The van der Waals surface area contributed by atoms with Crippen LogP contribution in [0.1, 0.15) is 30.0 Å². The summed E-state index contributed by atoms with van der Waals surface area (Å²) in [5, 5.41) is 8.52. The molecule has 0 saturated heterocycles. The fourth-order valence-corrected chi connectivity index (χ4v) is 3.44. The van der Waals surface area contributed by atoms with Crippen molar-refractivity contribution in [3.63, 3.8) is 0 Å². The molecule has 0 aliphatic heterocycles. The highest BCUT2D eigenvalue weighted by Crippen LogP contribution is 2.24. The van der Waals surface area contributed by atoms with E-state index in [4.69, 9.17) is 5.11 Å². The van der Waals surface area contributed by atoms with Crippen LogP contribution in [-0.2, 0) is 10.5 Å².